The van der Waals surface area contributed by atoms with Gasteiger partial charge in [-0.15, -0.1) is 6.58 Å². The Labute approximate surface area is 117 Å². The van der Waals surface area contributed by atoms with Crippen LogP contribution in [0.3, 0.4) is 0 Å². The first-order chi connectivity index (χ1) is 9.36. The molecule has 0 aliphatic rings. The van der Waals surface area contributed by atoms with Crippen molar-refractivity contribution in [3.8, 4) is 11.5 Å². The van der Waals surface area contributed by atoms with E-state index in [1.807, 2.05) is 30.3 Å². The third kappa shape index (κ3) is 7.55. The molecule has 1 aromatic carbocycles. The second-order valence-electron chi connectivity index (χ2n) is 4.72. The molecule has 0 saturated carbocycles. The van der Waals surface area contributed by atoms with E-state index in [1.165, 1.54) is 32.1 Å². The molecule has 106 valence electrons. The van der Waals surface area contributed by atoms with Crippen LogP contribution in [0.4, 0.5) is 0 Å². The van der Waals surface area contributed by atoms with E-state index < -0.39 is 0 Å². The standard InChI is InChI=1S/C17H26O2/c1-3-4-5-6-7-8-9-10-15-19-17-13-11-16(18-2)12-14-17/h3,11-14H,1,4-10,15H2,2H3. The van der Waals surface area contributed by atoms with Crippen LogP contribution in [0.25, 0.3) is 0 Å². The lowest BCUT2D eigenvalue weighted by Crippen LogP contribution is -1.97. The van der Waals surface area contributed by atoms with Gasteiger partial charge >= 0.3 is 0 Å². The van der Waals surface area contributed by atoms with Crippen LogP contribution in [0.5, 0.6) is 11.5 Å². The Kier molecular flexibility index (Phi) is 8.61. The van der Waals surface area contributed by atoms with Crippen molar-refractivity contribution in [2.24, 2.45) is 0 Å². The normalized spacial score (nSPS) is 10.2. The molecule has 2 nitrogen and oxygen atoms in total. The largest absolute Gasteiger partial charge is 0.497 e. The Morgan fingerprint density at radius 3 is 2.11 bits per heavy atom. The minimum Gasteiger partial charge on any atom is -0.497 e. The molecule has 19 heavy (non-hydrogen) atoms. The van der Waals surface area contributed by atoms with Crippen LogP contribution in [0.2, 0.25) is 0 Å². The summed E-state index contributed by atoms with van der Waals surface area (Å²) in [7, 11) is 1.67. The molecule has 0 fully saturated rings. The number of ether oxygens (including phenoxy) is 2. The van der Waals surface area contributed by atoms with E-state index in [4.69, 9.17) is 9.47 Å². The number of hydrogen-bond donors (Lipinski definition) is 0. The van der Waals surface area contributed by atoms with Crippen molar-refractivity contribution < 1.29 is 9.47 Å². The smallest absolute Gasteiger partial charge is 0.119 e. The van der Waals surface area contributed by atoms with Gasteiger partial charge in [0.15, 0.2) is 0 Å². The highest BCUT2D eigenvalue weighted by Crippen LogP contribution is 2.17. The van der Waals surface area contributed by atoms with Crippen LogP contribution in [-0.2, 0) is 0 Å². The number of methoxy groups -OCH3 is 1. The van der Waals surface area contributed by atoms with Gasteiger partial charge < -0.3 is 9.47 Å². The van der Waals surface area contributed by atoms with Gasteiger partial charge in [0.2, 0.25) is 0 Å². The molecule has 0 atom stereocenters. The first-order valence-corrected chi connectivity index (χ1v) is 7.24. The highest BCUT2D eigenvalue weighted by Gasteiger charge is 1.95. The predicted molar refractivity (Wildman–Crippen MR) is 81.0 cm³/mol. The Morgan fingerprint density at radius 2 is 1.47 bits per heavy atom. The van der Waals surface area contributed by atoms with Crippen LogP contribution in [-0.4, -0.2) is 13.7 Å². The maximum atomic E-state index is 5.68. The second kappa shape index (κ2) is 10.5. The number of hydrogen-bond acceptors (Lipinski definition) is 2. The van der Waals surface area contributed by atoms with Crippen LogP contribution in [0, 0.1) is 0 Å². The van der Waals surface area contributed by atoms with E-state index in [0.717, 1.165) is 30.9 Å². The van der Waals surface area contributed by atoms with Gasteiger partial charge in [-0.1, -0.05) is 31.8 Å². The van der Waals surface area contributed by atoms with Gasteiger partial charge in [0.25, 0.3) is 0 Å². The summed E-state index contributed by atoms with van der Waals surface area (Å²) in [5.74, 6) is 1.79. The Morgan fingerprint density at radius 1 is 0.895 bits per heavy atom. The number of benzene rings is 1. The van der Waals surface area contributed by atoms with Crippen molar-refractivity contribution >= 4 is 0 Å². The SMILES string of the molecule is C=CCCCCCCCCOc1ccc(OC)cc1. The summed E-state index contributed by atoms with van der Waals surface area (Å²) >= 11 is 0. The zero-order valence-electron chi connectivity index (χ0n) is 12.1. The molecule has 1 aromatic rings. The average Bonchev–Trinajstić information content (AvgIpc) is 2.46. The van der Waals surface area contributed by atoms with Gasteiger partial charge in [0, 0.05) is 0 Å². The van der Waals surface area contributed by atoms with Crippen molar-refractivity contribution in [2.45, 2.75) is 44.9 Å². The molecule has 0 aromatic heterocycles. The molecule has 0 spiro atoms. The number of allylic oxidation sites excluding steroid dienone is 1. The topological polar surface area (TPSA) is 18.5 Å². The molecule has 2 heteroatoms. The summed E-state index contributed by atoms with van der Waals surface area (Å²) in [6.07, 6.45) is 10.8. The molecular weight excluding hydrogens is 236 g/mol. The van der Waals surface area contributed by atoms with E-state index in [9.17, 15) is 0 Å². The molecule has 0 aliphatic heterocycles. The van der Waals surface area contributed by atoms with E-state index >= 15 is 0 Å². The highest BCUT2D eigenvalue weighted by molar-refractivity contribution is 5.31. The average molecular weight is 262 g/mol. The van der Waals surface area contributed by atoms with E-state index in [2.05, 4.69) is 6.58 Å². The molecule has 0 saturated heterocycles. The summed E-state index contributed by atoms with van der Waals surface area (Å²) in [4.78, 5) is 0. The molecule has 0 radical (unpaired) electrons. The van der Waals surface area contributed by atoms with Crippen LogP contribution < -0.4 is 9.47 Å². The van der Waals surface area contributed by atoms with Crippen molar-refractivity contribution in [1.29, 1.82) is 0 Å². The molecule has 0 unspecified atom stereocenters. The lowest BCUT2D eigenvalue weighted by atomic mass is 10.1. The fraction of sp³-hybridized carbons (Fsp3) is 0.529. The zero-order valence-corrected chi connectivity index (χ0v) is 12.1. The van der Waals surface area contributed by atoms with Gasteiger partial charge in [-0.3, -0.25) is 0 Å². The quantitative estimate of drug-likeness (QED) is 0.413. The minimum absolute atomic E-state index is 0.805. The third-order valence-corrected chi connectivity index (χ3v) is 3.13. The van der Waals surface area contributed by atoms with Gasteiger partial charge in [-0.05, 0) is 43.5 Å². The fourth-order valence-corrected chi connectivity index (χ4v) is 1.96. The van der Waals surface area contributed by atoms with Gasteiger partial charge in [-0.2, -0.15) is 0 Å². The van der Waals surface area contributed by atoms with Gasteiger partial charge in [0.05, 0.1) is 13.7 Å². The van der Waals surface area contributed by atoms with Crippen molar-refractivity contribution in [3.05, 3.63) is 36.9 Å². The lowest BCUT2D eigenvalue weighted by Gasteiger charge is -2.07. The van der Waals surface area contributed by atoms with E-state index in [0.29, 0.717) is 0 Å². The Balaban J connectivity index is 1.96. The first kappa shape index (κ1) is 15.6. The lowest BCUT2D eigenvalue weighted by molar-refractivity contribution is 0.303. The van der Waals surface area contributed by atoms with Crippen molar-refractivity contribution in [1.82, 2.24) is 0 Å². The van der Waals surface area contributed by atoms with Crippen LogP contribution >= 0.6 is 0 Å². The number of unbranched alkanes of at least 4 members (excludes halogenated alkanes) is 6. The summed E-state index contributed by atoms with van der Waals surface area (Å²) in [5.41, 5.74) is 0. The first-order valence-electron chi connectivity index (χ1n) is 7.24. The van der Waals surface area contributed by atoms with Crippen molar-refractivity contribution in [3.63, 3.8) is 0 Å². The van der Waals surface area contributed by atoms with Crippen molar-refractivity contribution in [2.75, 3.05) is 13.7 Å². The maximum absolute atomic E-state index is 5.68. The molecule has 0 N–H and O–H groups in total. The summed E-state index contributed by atoms with van der Waals surface area (Å²) < 4.78 is 10.8. The Hall–Kier alpha value is -1.44. The van der Waals surface area contributed by atoms with E-state index in [-0.39, 0.29) is 0 Å². The summed E-state index contributed by atoms with van der Waals surface area (Å²) in [6, 6.07) is 7.76. The van der Waals surface area contributed by atoms with Crippen LogP contribution in [0.1, 0.15) is 44.9 Å². The van der Waals surface area contributed by atoms with Gasteiger partial charge in [-0.25, -0.2) is 0 Å². The third-order valence-electron chi connectivity index (χ3n) is 3.13. The maximum Gasteiger partial charge on any atom is 0.119 e. The summed E-state index contributed by atoms with van der Waals surface area (Å²) in [5, 5.41) is 0. The molecule has 0 aliphatic carbocycles. The molecular formula is C17H26O2. The second-order valence-corrected chi connectivity index (χ2v) is 4.72. The minimum atomic E-state index is 0.805. The summed E-state index contributed by atoms with van der Waals surface area (Å²) in [6.45, 7) is 4.54. The zero-order chi connectivity index (χ0) is 13.8. The molecule has 1 rings (SSSR count). The number of rotatable bonds is 11. The fourth-order valence-electron chi connectivity index (χ4n) is 1.96. The molecule has 0 amide bonds. The Bertz CT molecular complexity index is 330. The highest BCUT2D eigenvalue weighted by atomic mass is 16.5. The molecule has 0 heterocycles. The monoisotopic (exact) mass is 262 g/mol. The predicted octanol–water partition coefficient (Wildman–Crippen LogP) is 4.99. The molecule has 0 bridgehead atoms. The van der Waals surface area contributed by atoms with E-state index in [1.54, 1.807) is 7.11 Å². The van der Waals surface area contributed by atoms with Crippen LogP contribution in [0.15, 0.2) is 36.9 Å². The van der Waals surface area contributed by atoms with Gasteiger partial charge in [0.1, 0.15) is 11.5 Å².